The average Bonchev–Trinajstić information content (AvgIpc) is 3.25. The number of hydrogen-bond donors (Lipinski definition) is 1. The lowest BCUT2D eigenvalue weighted by atomic mass is 9.78. The van der Waals surface area contributed by atoms with Crippen LogP contribution in [0.15, 0.2) is 35.7 Å². The van der Waals surface area contributed by atoms with E-state index in [9.17, 15) is 4.79 Å². The lowest BCUT2D eigenvalue weighted by molar-refractivity contribution is -0.125. The molecule has 0 bridgehead atoms. The zero-order valence-corrected chi connectivity index (χ0v) is 15.0. The first kappa shape index (κ1) is 15.7. The zero-order valence-electron chi connectivity index (χ0n) is 13.4. The summed E-state index contributed by atoms with van der Waals surface area (Å²) in [7, 11) is 0. The van der Waals surface area contributed by atoms with Crippen LogP contribution in [0.4, 0.5) is 5.13 Å². The highest BCUT2D eigenvalue weighted by Gasteiger charge is 2.42. The number of benzene rings is 1. The number of ether oxygens (including phenoxy) is 1. The normalized spacial score (nSPS) is 17.0. The molecule has 1 fully saturated rings. The van der Waals surface area contributed by atoms with Gasteiger partial charge >= 0.3 is 0 Å². The van der Waals surface area contributed by atoms with Gasteiger partial charge in [-0.05, 0) is 42.8 Å². The number of carbonyl (C=O) groups excluding carboxylic acids is 1. The molecule has 0 spiro atoms. The Morgan fingerprint density at radius 1 is 1.25 bits per heavy atom. The van der Waals surface area contributed by atoms with Crippen LogP contribution in [0.25, 0.3) is 10.2 Å². The number of amides is 1. The van der Waals surface area contributed by atoms with E-state index in [4.69, 9.17) is 4.74 Å². The van der Waals surface area contributed by atoms with Crippen LogP contribution in [0.3, 0.4) is 0 Å². The summed E-state index contributed by atoms with van der Waals surface area (Å²) in [6.45, 7) is 3.27. The zero-order chi connectivity index (χ0) is 16.6. The van der Waals surface area contributed by atoms with Crippen LogP contribution >= 0.6 is 22.7 Å². The molecule has 1 saturated heterocycles. The molecule has 1 aliphatic heterocycles. The van der Waals surface area contributed by atoms with Gasteiger partial charge in [0.2, 0.25) is 5.91 Å². The molecule has 0 saturated carbocycles. The SMILES string of the molecule is Cc1cccc2sc(NC(=O)C3(c4cccs4)CCOCC3)nc12. The Balaban J connectivity index is 1.66. The van der Waals surface area contributed by atoms with E-state index in [0.717, 1.165) is 20.7 Å². The predicted octanol–water partition coefficient (Wildman–Crippen LogP) is 4.35. The minimum absolute atomic E-state index is 0.0324. The number of nitrogens with one attached hydrogen (secondary N) is 1. The minimum atomic E-state index is -0.501. The lowest BCUT2D eigenvalue weighted by Gasteiger charge is -2.34. The summed E-state index contributed by atoms with van der Waals surface area (Å²) in [5.41, 5.74) is 1.59. The van der Waals surface area contributed by atoms with Crippen molar-refractivity contribution >= 4 is 43.9 Å². The van der Waals surface area contributed by atoms with E-state index in [1.54, 1.807) is 11.3 Å². The van der Waals surface area contributed by atoms with Crippen molar-refractivity contribution < 1.29 is 9.53 Å². The topological polar surface area (TPSA) is 51.2 Å². The lowest BCUT2D eigenvalue weighted by Crippen LogP contribution is -2.44. The van der Waals surface area contributed by atoms with E-state index in [0.29, 0.717) is 31.2 Å². The fourth-order valence-corrected chi connectivity index (χ4v) is 5.13. The smallest absolute Gasteiger partial charge is 0.237 e. The Morgan fingerprint density at radius 2 is 2.08 bits per heavy atom. The molecule has 0 aliphatic carbocycles. The summed E-state index contributed by atoms with van der Waals surface area (Å²) in [5, 5.41) is 5.78. The Kier molecular flexibility index (Phi) is 4.12. The van der Waals surface area contributed by atoms with Gasteiger partial charge in [0.15, 0.2) is 5.13 Å². The summed E-state index contributed by atoms with van der Waals surface area (Å²) < 4.78 is 6.60. The number of aromatic nitrogens is 1. The molecular formula is C18H18N2O2S2. The Morgan fingerprint density at radius 3 is 2.79 bits per heavy atom. The molecular weight excluding hydrogens is 340 g/mol. The molecule has 3 aromatic rings. The van der Waals surface area contributed by atoms with Gasteiger partial charge in [-0.15, -0.1) is 11.3 Å². The number of carbonyl (C=O) groups is 1. The van der Waals surface area contributed by atoms with Crippen molar-refractivity contribution in [1.29, 1.82) is 0 Å². The first-order valence-corrected chi connectivity index (χ1v) is 9.68. The van der Waals surface area contributed by atoms with Gasteiger partial charge in [-0.1, -0.05) is 29.5 Å². The summed E-state index contributed by atoms with van der Waals surface area (Å²) in [4.78, 5) is 18.9. The molecule has 1 aromatic carbocycles. The van der Waals surface area contributed by atoms with Crippen LogP contribution in [0.2, 0.25) is 0 Å². The van der Waals surface area contributed by atoms with E-state index < -0.39 is 5.41 Å². The molecule has 1 amide bonds. The van der Waals surface area contributed by atoms with E-state index in [-0.39, 0.29) is 5.91 Å². The molecule has 6 heteroatoms. The molecule has 1 aliphatic rings. The van der Waals surface area contributed by atoms with Crippen molar-refractivity contribution in [3.8, 4) is 0 Å². The van der Waals surface area contributed by atoms with Gasteiger partial charge in [0, 0.05) is 18.1 Å². The largest absolute Gasteiger partial charge is 0.381 e. The third-order valence-corrected chi connectivity index (χ3v) is 6.63. The second kappa shape index (κ2) is 6.27. The van der Waals surface area contributed by atoms with Gasteiger partial charge in [0.25, 0.3) is 0 Å². The Bertz CT molecular complexity index is 864. The number of thiophene rings is 1. The number of aryl methyl sites for hydroxylation is 1. The number of hydrogen-bond acceptors (Lipinski definition) is 5. The van der Waals surface area contributed by atoms with Crippen molar-refractivity contribution in [3.05, 3.63) is 46.2 Å². The van der Waals surface area contributed by atoms with Crippen molar-refractivity contribution in [2.24, 2.45) is 0 Å². The maximum Gasteiger partial charge on any atom is 0.237 e. The van der Waals surface area contributed by atoms with Gasteiger partial charge in [-0.3, -0.25) is 4.79 Å². The highest BCUT2D eigenvalue weighted by molar-refractivity contribution is 7.22. The third kappa shape index (κ3) is 2.64. The number of nitrogens with zero attached hydrogens (tertiary/aromatic N) is 1. The van der Waals surface area contributed by atoms with Gasteiger partial charge < -0.3 is 10.1 Å². The van der Waals surface area contributed by atoms with Gasteiger partial charge in [-0.2, -0.15) is 0 Å². The molecule has 4 rings (SSSR count). The van der Waals surface area contributed by atoms with E-state index in [2.05, 4.69) is 16.4 Å². The minimum Gasteiger partial charge on any atom is -0.381 e. The molecule has 4 nitrogen and oxygen atoms in total. The molecule has 3 heterocycles. The third-order valence-electron chi connectivity index (χ3n) is 4.62. The van der Waals surface area contributed by atoms with E-state index in [1.807, 2.05) is 36.6 Å². The fourth-order valence-electron chi connectivity index (χ4n) is 3.21. The monoisotopic (exact) mass is 358 g/mol. The van der Waals surface area contributed by atoms with E-state index >= 15 is 0 Å². The summed E-state index contributed by atoms with van der Waals surface area (Å²) >= 11 is 3.17. The number of para-hydroxylation sites is 1. The first-order valence-electron chi connectivity index (χ1n) is 7.98. The maximum absolute atomic E-state index is 13.2. The number of fused-ring (bicyclic) bond motifs is 1. The maximum atomic E-state index is 13.2. The van der Waals surface area contributed by atoms with Crippen LogP contribution in [0, 0.1) is 6.92 Å². The highest BCUT2D eigenvalue weighted by atomic mass is 32.1. The van der Waals surface area contributed by atoms with Crippen molar-refractivity contribution in [2.75, 3.05) is 18.5 Å². The fraction of sp³-hybridized carbons (Fsp3) is 0.333. The summed E-state index contributed by atoms with van der Waals surface area (Å²) in [5.74, 6) is 0.0324. The summed E-state index contributed by atoms with van der Waals surface area (Å²) in [6, 6.07) is 10.2. The molecule has 0 atom stereocenters. The molecule has 0 unspecified atom stereocenters. The van der Waals surface area contributed by atoms with Crippen LogP contribution in [-0.2, 0) is 14.9 Å². The van der Waals surface area contributed by atoms with Crippen LogP contribution < -0.4 is 5.32 Å². The number of anilines is 1. The average molecular weight is 358 g/mol. The van der Waals surface area contributed by atoms with Gasteiger partial charge in [-0.25, -0.2) is 4.98 Å². The highest BCUT2D eigenvalue weighted by Crippen LogP contribution is 2.39. The van der Waals surface area contributed by atoms with Crippen LogP contribution in [0.5, 0.6) is 0 Å². The standard InChI is InChI=1S/C18H18N2O2S2/c1-12-4-2-5-13-15(12)19-17(24-13)20-16(21)18(7-9-22-10-8-18)14-6-3-11-23-14/h2-6,11H,7-10H2,1H3,(H,19,20,21). The van der Waals surface area contributed by atoms with Gasteiger partial charge in [0.1, 0.15) is 0 Å². The second-order valence-electron chi connectivity index (χ2n) is 6.07. The van der Waals surface area contributed by atoms with Crippen LogP contribution in [-0.4, -0.2) is 24.1 Å². The Hall–Kier alpha value is -1.76. The van der Waals surface area contributed by atoms with Crippen molar-refractivity contribution in [1.82, 2.24) is 4.98 Å². The molecule has 24 heavy (non-hydrogen) atoms. The first-order chi connectivity index (χ1) is 11.7. The molecule has 0 radical (unpaired) electrons. The predicted molar refractivity (Wildman–Crippen MR) is 99.0 cm³/mol. The second-order valence-corrected chi connectivity index (χ2v) is 8.04. The Labute approximate surface area is 148 Å². The summed E-state index contributed by atoms with van der Waals surface area (Å²) in [6.07, 6.45) is 1.42. The van der Waals surface area contributed by atoms with Crippen molar-refractivity contribution in [2.45, 2.75) is 25.2 Å². The molecule has 124 valence electrons. The number of rotatable bonds is 3. The van der Waals surface area contributed by atoms with Crippen molar-refractivity contribution in [3.63, 3.8) is 0 Å². The number of thiazole rings is 1. The van der Waals surface area contributed by atoms with E-state index in [1.165, 1.54) is 11.3 Å². The molecule has 1 N–H and O–H groups in total. The quantitative estimate of drug-likeness (QED) is 0.757. The van der Waals surface area contributed by atoms with Crippen LogP contribution in [0.1, 0.15) is 23.3 Å². The van der Waals surface area contributed by atoms with Gasteiger partial charge in [0.05, 0.1) is 15.6 Å². The molecule has 2 aromatic heterocycles.